The number of amides is 1. The summed E-state index contributed by atoms with van der Waals surface area (Å²) in [4.78, 5) is 11.8. The average Bonchev–Trinajstić information content (AvgIpc) is 2.52. The molecule has 1 amide bonds. The smallest absolute Gasteiger partial charge is 0.257 e. The van der Waals surface area contributed by atoms with Gasteiger partial charge in [-0.1, -0.05) is 36.9 Å². The number of para-hydroxylation sites is 2. The fourth-order valence-corrected chi connectivity index (χ4v) is 1.93. The molecule has 0 aliphatic rings. The van der Waals surface area contributed by atoms with Crippen LogP contribution in [0.3, 0.4) is 0 Å². The highest BCUT2D eigenvalue weighted by molar-refractivity contribution is 5.82. The van der Waals surface area contributed by atoms with Crippen molar-refractivity contribution < 1.29 is 9.90 Å². The molecule has 0 unspecified atom stereocenters. The Bertz CT molecular complexity index is 683. The molecule has 0 radical (unpaired) electrons. The monoisotopic (exact) mass is 297 g/mol. The molecule has 2 aromatic carbocycles. The molecule has 0 saturated carbocycles. The summed E-state index contributed by atoms with van der Waals surface area (Å²) in [7, 11) is 0. The van der Waals surface area contributed by atoms with E-state index in [-0.39, 0.29) is 18.2 Å². The minimum atomic E-state index is -0.236. The Labute approximate surface area is 129 Å². The van der Waals surface area contributed by atoms with E-state index in [1.807, 2.05) is 31.2 Å². The van der Waals surface area contributed by atoms with Crippen LogP contribution in [0.4, 0.5) is 5.69 Å². The molecule has 0 aliphatic carbocycles. The zero-order valence-electron chi connectivity index (χ0n) is 12.4. The van der Waals surface area contributed by atoms with Gasteiger partial charge in [0, 0.05) is 11.3 Å². The van der Waals surface area contributed by atoms with Crippen LogP contribution in [0.25, 0.3) is 5.70 Å². The van der Waals surface area contributed by atoms with Gasteiger partial charge in [0.05, 0.1) is 12.2 Å². The molecular weight excluding hydrogens is 278 g/mol. The SMILES string of the molecule is C=C(NNC(=O)CNc1ccccc1C)c1ccccc1O. The lowest BCUT2D eigenvalue weighted by atomic mass is 10.1. The second-order valence-corrected chi connectivity index (χ2v) is 4.84. The quantitative estimate of drug-likeness (QED) is 0.618. The maximum atomic E-state index is 11.8. The molecule has 0 bridgehead atoms. The first-order chi connectivity index (χ1) is 10.6. The van der Waals surface area contributed by atoms with Gasteiger partial charge in [-0.15, -0.1) is 0 Å². The Morgan fingerprint density at radius 1 is 1.09 bits per heavy atom. The van der Waals surface area contributed by atoms with Crippen LogP contribution in [0.5, 0.6) is 5.75 Å². The first-order valence-corrected chi connectivity index (χ1v) is 6.89. The van der Waals surface area contributed by atoms with Gasteiger partial charge in [-0.2, -0.15) is 0 Å². The number of nitrogens with one attached hydrogen (secondary N) is 3. The molecule has 0 atom stereocenters. The molecular formula is C17H19N3O2. The fraction of sp³-hybridized carbons (Fsp3) is 0.118. The van der Waals surface area contributed by atoms with Crippen molar-refractivity contribution in [1.82, 2.24) is 10.9 Å². The van der Waals surface area contributed by atoms with Crippen molar-refractivity contribution in [3.63, 3.8) is 0 Å². The largest absolute Gasteiger partial charge is 0.507 e. The number of aromatic hydroxyl groups is 1. The predicted molar refractivity (Wildman–Crippen MR) is 88.1 cm³/mol. The number of carbonyl (C=O) groups excluding carboxylic acids is 1. The van der Waals surface area contributed by atoms with E-state index in [9.17, 15) is 9.90 Å². The van der Waals surface area contributed by atoms with Gasteiger partial charge in [0.15, 0.2) is 0 Å². The molecule has 0 fully saturated rings. The molecule has 5 heteroatoms. The molecule has 2 rings (SSSR count). The summed E-state index contributed by atoms with van der Waals surface area (Å²) in [5.74, 6) is -0.132. The molecule has 114 valence electrons. The minimum absolute atomic E-state index is 0.104. The number of hydrogen-bond acceptors (Lipinski definition) is 4. The summed E-state index contributed by atoms with van der Waals surface area (Å²) in [5, 5.41) is 12.8. The maximum absolute atomic E-state index is 11.8. The second kappa shape index (κ2) is 7.17. The molecule has 2 aromatic rings. The number of rotatable bonds is 6. The zero-order valence-corrected chi connectivity index (χ0v) is 12.4. The minimum Gasteiger partial charge on any atom is -0.507 e. The van der Waals surface area contributed by atoms with Crippen LogP contribution in [0, 0.1) is 6.92 Å². The Hall–Kier alpha value is -2.95. The van der Waals surface area contributed by atoms with Gasteiger partial charge < -0.3 is 10.4 Å². The lowest BCUT2D eigenvalue weighted by molar-refractivity contribution is -0.120. The van der Waals surface area contributed by atoms with Gasteiger partial charge in [-0.05, 0) is 30.7 Å². The van der Waals surface area contributed by atoms with E-state index in [1.165, 1.54) is 0 Å². The third-order valence-corrected chi connectivity index (χ3v) is 3.17. The van der Waals surface area contributed by atoms with Gasteiger partial charge in [0.25, 0.3) is 5.91 Å². The number of aryl methyl sites for hydroxylation is 1. The third-order valence-electron chi connectivity index (χ3n) is 3.17. The van der Waals surface area contributed by atoms with Crippen LogP contribution < -0.4 is 16.2 Å². The Balaban J connectivity index is 1.82. The Morgan fingerprint density at radius 3 is 2.50 bits per heavy atom. The summed E-state index contributed by atoms with van der Waals surface area (Å²) in [6.07, 6.45) is 0. The van der Waals surface area contributed by atoms with E-state index in [2.05, 4.69) is 22.7 Å². The van der Waals surface area contributed by atoms with Crippen molar-refractivity contribution in [2.45, 2.75) is 6.92 Å². The average molecular weight is 297 g/mol. The molecule has 0 saturated heterocycles. The molecule has 0 spiro atoms. The summed E-state index contributed by atoms with van der Waals surface area (Å²) in [6, 6.07) is 14.5. The van der Waals surface area contributed by atoms with Gasteiger partial charge in [0.2, 0.25) is 0 Å². The van der Waals surface area contributed by atoms with Crippen molar-refractivity contribution in [3.05, 3.63) is 66.2 Å². The number of anilines is 1. The van der Waals surface area contributed by atoms with Gasteiger partial charge in [-0.25, -0.2) is 0 Å². The number of hydrogen-bond donors (Lipinski definition) is 4. The van der Waals surface area contributed by atoms with E-state index in [0.717, 1.165) is 11.3 Å². The van der Waals surface area contributed by atoms with Crippen molar-refractivity contribution in [1.29, 1.82) is 0 Å². The first kappa shape index (κ1) is 15.4. The third kappa shape index (κ3) is 4.02. The standard InChI is InChI=1S/C17H19N3O2/c1-12-7-3-5-9-15(12)18-11-17(22)20-19-13(2)14-8-4-6-10-16(14)21/h3-10,18-19,21H,2,11H2,1H3,(H,20,22). The Kier molecular flexibility index (Phi) is 5.03. The number of hydrazine groups is 1. The van der Waals surface area contributed by atoms with Gasteiger partial charge in [-0.3, -0.25) is 15.6 Å². The highest BCUT2D eigenvalue weighted by Crippen LogP contribution is 2.20. The van der Waals surface area contributed by atoms with Gasteiger partial charge >= 0.3 is 0 Å². The molecule has 5 nitrogen and oxygen atoms in total. The topological polar surface area (TPSA) is 73.4 Å². The van der Waals surface area contributed by atoms with Crippen molar-refractivity contribution >= 4 is 17.3 Å². The highest BCUT2D eigenvalue weighted by Gasteiger charge is 2.06. The lowest BCUT2D eigenvalue weighted by Gasteiger charge is -2.13. The summed E-state index contributed by atoms with van der Waals surface area (Å²) < 4.78 is 0. The zero-order chi connectivity index (χ0) is 15.9. The first-order valence-electron chi connectivity index (χ1n) is 6.89. The number of phenols is 1. The summed E-state index contributed by atoms with van der Waals surface area (Å²) in [5.41, 5.74) is 8.17. The molecule has 0 aliphatic heterocycles. The molecule has 4 N–H and O–H groups in total. The second-order valence-electron chi connectivity index (χ2n) is 4.84. The van der Waals surface area contributed by atoms with E-state index < -0.39 is 0 Å². The number of phenolic OH excluding ortho intramolecular Hbond substituents is 1. The van der Waals surface area contributed by atoms with E-state index in [4.69, 9.17) is 0 Å². The molecule has 0 aromatic heterocycles. The lowest BCUT2D eigenvalue weighted by Crippen LogP contribution is -2.39. The highest BCUT2D eigenvalue weighted by atomic mass is 16.3. The summed E-state index contributed by atoms with van der Waals surface area (Å²) >= 11 is 0. The van der Waals surface area contributed by atoms with Crippen molar-refractivity contribution in [3.8, 4) is 5.75 Å². The summed E-state index contributed by atoms with van der Waals surface area (Å²) in [6.45, 7) is 5.89. The van der Waals surface area contributed by atoms with E-state index in [0.29, 0.717) is 11.3 Å². The fourth-order valence-electron chi connectivity index (χ4n) is 1.93. The van der Waals surface area contributed by atoms with Crippen LogP contribution in [-0.4, -0.2) is 17.6 Å². The van der Waals surface area contributed by atoms with Crippen LogP contribution >= 0.6 is 0 Å². The van der Waals surface area contributed by atoms with Crippen molar-refractivity contribution in [2.24, 2.45) is 0 Å². The molecule has 22 heavy (non-hydrogen) atoms. The van der Waals surface area contributed by atoms with E-state index >= 15 is 0 Å². The van der Waals surface area contributed by atoms with Crippen LogP contribution in [0.1, 0.15) is 11.1 Å². The number of benzene rings is 2. The Morgan fingerprint density at radius 2 is 1.77 bits per heavy atom. The number of carbonyl (C=O) groups is 1. The maximum Gasteiger partial charge on any atom is 0.257 e. The van der Waals surface area contributed by atoms with Crippen LogP contribution in [-0.2, 0) is 4.79 Å². The van der Waals surface area contributed by atoms with E-state index in [1.54, 1.807) is 24.3 Å². The van der Waals surface area contributed by atoms with Crippen LogP contribution in [0.15, 0.2) is 55.1 Å². The van der Waals surface area contributed by atoms with Gasteiger partial charge in [0.1, 0.15) is 5.75 Å². The molecule has 0 heterocycles. The normalized spacial score (nSPS) is 9.86. The van der Waals surface area contributed by atoms with Crippen molar-refractivity contribution in [2.75, 3.05) is 11.9 Å². The predicted octanol–water partition coefficient (Wildman–Crippen LogP) is 2.40. The van der Waals surface area contributed by atoms with Crippen LogP contribution in [0.2, 0.25) is 0 Å².